The number of methoxy groups -OCH3 is 3. The normalized spacial score (nSPS) is 15.9. The molecule has 102 valence electrons. The molecular weight excluding hydrogens is 230 g/mol. The molecule has 0 amide bonds. The van der Waals surface area contributed by atoms with E-state index in [-0.39, 0.29) is 6.04 Å². The topological polar surface area (TPSA) is 53.7 Å². The SMILES string of the molecule is CCC(C)(OC)C(N)c1c(OC)cccc1OC. The number of hydrogen-bond acceptors (Lipinski definition) is 4. The van der Waals surface area contributed by atoms with Gasteiger partial charge in [-0.2, -0.15) is 0 Å². The second-order valence-electron chi connectivity index (χ2n) is 4.42. The third-order valence-electron chi connectivity index (χ3n) is 3.60. The first kappa shape index (κ1) is 14.8. The summed E-state index contributed by atoms with van der Waals surface area (Å²) in [6.45, 7) is 4.04. The van der Waals surface area contributed by atoms with Crippen LogP contribution in [0, 0.1) is 0 Å². The van der Waals surface area contributed by atoms with Gasteiger partial charge >= 0.3 is 0 Å². The Bertz CT molecular complexity index is 366. The van der Waals surface area contributed by atoms with Gasteiger partial charge in [-0.25, -0.2) is 0 Å². The lowest BCUT2D eigenvalue weighted by molar-refractivity contribution is -0.0204. The fourth-order valence-electron chi connectivity index (χ4n) is 1.98. The zero-order valence-corrected chi connectivity index (χ0v) is 11.8. The van der Waals surface area contributed by atoms with Gasteiger partial charge in [0.15, 0.2) is 0 Å². The predicted molar refractivity (Wildman–Crippen MR) is 72.2 cm³/mol. The summed E-state index contributed by atoms with van der Waals surface area (Å²) >= 11 is 0. The maximum atomic E-state index is 6.36. The number of nitrogens with two attached hydrogens (primary N) is 1. The van der Waals surface area contributed by atoms with Crippen molar-refractivity contribution in [3.05, 3.63) is 23.8 Å². The van der Waals surface area contributed by atoms with Crippen LogP contribution in [0.4, 0.5) is 0 Å². The smallest absolute Gasteiger partial charge is 0.127 e. The highest BCUT2D eigenvalue weighted by Crippen LogP contribution is 2.39. The van der Waals surface area contributed by atoms with Crippen molar-refractivity contribution < 1.29 is 14.2 Å². The minimum Gasteiger partial charge on any atom is -0.496 e. The molecule has 0 saturated heterocycles. The molecule has 1 rings (SSSR count). The van der Waals surface area contributed by atoms with E-state index in [0.717, 1.165) is 23.5 Å². The molecule has 0 aliphatic rings. The van der Waals surface area contributed by atoms with Gasteiger partial charge in [0.05, 0.1) is 31.4 Å². The van der Waals surface area contributed by atoms with E-state index >= 15 is 0 Å². The van der Waals surface area contributed by atoms with Gasteiger partial charge in [0.25, 0.3) is 0 Å². The molecule has 0 radical (unpaired) electrons. The van der Waals surface area contributed by atoms with Gasteiger partial charge in [0, 0.05) is 7.11 Å². The highest BCUT2D eigenvalue weighted by Gasteiger charge is 2.34. The molecule has 4 nitrogen and oxygen atoms in total. The van der Waals surface area contributed by atoms with Crippen LogP contribution in [0.15, 0.2) is 18.2 Å². The van der Waals surface area contributed by atoms with Crippen LogP contribution in [0.5, 0.6) is 11.5 Å². The van der Waals surface area contributed by atoms with Crippen molar-refractivity contribution in [2.24, 2.45) is 5.73 Å². The molecule has 4 heteroatoms. The molecular formula is C14H23NO3. The van der Waals surface area contributed by atoms with E-state index < -0.39 is 5.60 Å². The van der Waals surface area contributed by atoms with Gasteiger partial charge in [-0.3, -0.25) is 0 Å². The van der Waals surface area contributed by atoms with Crippen LogP contribution >= 0.6 is 0 Å². The Balaban J connectivity index is 3.30. The van der Waals surface area contributed by atoms with Gasteiger partial charge in [-0.15, -0.1) is 0 Å². The van der Waals surface area contributed by atoms with Crippen molar-refractivity contribution in [2.45, 2.75) is 31.9 Å². The summed E-state index contributed by atoms with van der Waals surface area (Å²) in [5.74, 6) is 1.44. The number of benzene rings is 1. The first-order chi connectivity index (χ1) is 8.53. The molecule has 1 aromatic rings. The third-order valence-corrected chi connectivity index (χ3v) is 3.60. The standard InChI is InChI=1S/C14H23NO3/c1-6-14(2,18-5)13(15)12-10(16-3)8-7-9-11(12)17-4/h7-9,13H,6,15H2,1-5H3. The molecule has 0 aliphatic carbocycles. The van der Waals surface area contributed by atoms with Crippen molar-refractivity contribution in [3.8, 4) is 11.5 Å². The fraction of sp³-hybridized carbons (Fsp3) is 0.571. The zero-order valence-electron chi connectivity index (χ0n) is 11.8. The van der Waals surface area contributed by atoms with E-state index in [0.29, 0.717) is 0 Å². The van der Waals surface area contributed by atoms with Gasteiger partial charge in [-0.05, 0) is 25.5 Å². The van der Waals surface area contributed by atoms with E-state index in [1.165, 1.54) is 0 Å². The van der Waals surface area contributed by atoms with Crippen molar-refractivity contribution in [1.82, 2.24) is 0 Å². The first-order valence-electron chi connectivity index (χ1n) is 6.05. The molecule has 0 bridgehead atoms. The van der Waals surface area contributed by atoms with Crippen LogP contribution in [0.1, 0.15) is 31.9 Å². The van der Waals surface area contributed by atoms with Crippen LogP contribution in [-0.2, 0) is 4.74 Å². The van der Waals surface area contributed by atoms with Gasteiger partial charge in [-0.1, -0.05) is 13.0 Å². The molecule has 0 aliphatic heterocycles. The van der Waals surface area contributed by atoms with E-state index in [4.69, 9.17) is 19.9 Å². The van der Waals surface area contributed by atoms with Gasteiger partial charge < -0.3 is 19.9 Å². The summed E-state index contributed by atoms with van der Waals surface area (Å²) in [6, 6.07) is 5.32. The molecule has 2 N–H and O–H groups in total. The third kappa shape index (κ3) is 2.60. The van der Waals surface area contributed by atoms with Crippen molar-refractivity contribution in [1.29, 1.82) is 0 Å². The highest BCUT2D eigenvalue weighted by molar-refractivity contribution is 5.47. The maximum absolute atomic E-state index is 6.36. The minimum absolute atomic E-state index is 0.321. The van der Waals surface area contributed by atoms with Crippen LogP contribution < -0.4 is 15.2 Å². The predicted octanol–water partition coefficient (Wildman–Crippen LogP) is 2.52. The largest absolute Gasteiger partial charge is 0.496 e. The Kier molecular flexibility index (Phi) is 4.99. The molecule has 2 unspecified atom stereocenters. The summed E-state index contributed by atoms with van der Waals surface area (Å²) in [6.07, 6.45) is 0.797. The van der Waals surface area contributed by atoms with Gasteiger partial charge in [0.1, 0.15) is 11.5 Å². The molecule has 18 heavy (non-hydrogen) atoms. The lowest BCUT2D eigenvalue weighted by atomic mass is 9.87. The monoisotopic (exact) mass is 253 g/mol. The second-order valence-corrected chi connectivity index (χ2v) is 4.42. The van der Waals surface area contributed by atoms with E-state index in [9.17, 15) is 0 Å². The Morgan fingerprint density at radius 2 is 1.67 bits per heavy atom. The molecule has 0 aromatic heterocycles. The quantitative estimate of drug-likeness (QED) is 0.846. The van der Waals surface area contributed by atoms with E-state index in [1.54, 1.807) is 21.3 Å². The average Bonchev–Trinajstić information content (AvgIpc) is 2.44. The lowest BCUT2D eigenvalue weighted by Crippen LogP contribution is -2.40. The van der Waals surface area contributed by atoms with Crippen molar-refractivity contribution >= 4 is 0 Å². The van der Waals surface area contributed by atoms with E-state index in [1.807, 2.05) is 32.0 Å². The lowest BCUT2D eigenvalue weighted by Gasteiger charge is -2.34. The van der Waals surface area contributed by atoms with Crippen LogP contribution in [0.3, 0.4) is 0 Å². The molecule has 0 spiro atoms. The molecule has 0 saturated carbocycles. The summed E-state index contributed by atoms with van der Waals surface area (Å²) in [5, 5.41) is 0. The molecule has 0 heterocycles. The van der Waals surface area contributed by atoms with Crippen LogP contribution in [0.25, 0.3) is 0 Å². The van der Waals surface area contributed by atoms with Crippen LogP contribution in [-0.4, -0.2) is 26.9 Å². The Labute approximate surface area is 109 Å². The minimum atomic E-state index is -0.456. The first-order valence-corrected chi connectivity index (χ1v) is 6.05. The number of rotatable bonds is 6. The summed E-state index contributed by atoms with van der Waals surface area (Å²) in [4.78, 5) is 0. The Hall–Kier alpha value is -1.26. The zero-order chi connectivity index (χ0) is 13.8. The highest BCUT2D eigenvalue weighted by atomic mass is 16.5. The Morgan fingerprint density at radius 1 is 1.17 bits per heavy atom. The molecule has 2 atom stereocenters. The number of ether oxygens (including phenoxy) is 3. The maximum Gasteiger partial charge on any atom is 0.127 e. The molecule has 1 aromatic carbocycles. The number of hydrogen-bond donors (Lipinski definition) is 1. The summed E-state index contributed by atoms with van der Waals surface area (Å²) < 4.78 is 16.3. The second kappa shape index (κ2) is 6.07. The Morgan fingerprint density at radius 3 is 2.00 bits per heavy atom. The van der Waals surface area contributed by atoms with Crippen LogP contribution in [0.2, 0.25) is 0 Å². The summed E-state index contributed by atoms with van der Waals surface area (Å²) in [7, 11) is 4.92. The van der Waals surface area contributed by atoms with E-state index in [2.05, 4.69) is 0 Å². The van der Waals surface area contributed by atoms with Crippen molar-refractivity contribution in [3.63, 3.8) is 0 Å². The summed E-state index contributed by atoms with van der Waals surface area (Å²) in [5.41, 5.74) is 6.75. The van der Waals surface area contributed by atoms with Crippen molar-refractivity contribution in [2.75, 3.05) is 21.3 Å². The fourth-order valence-corrected chi connectivity index (χ4v) is 1.98. The molecule has 0 fully saturated rings. The average molecular weight is 253 g/mol. The van der Waals surface area contributed by atoms with Gasteiger partial charge in [0.2, 0.25) is 0 Å².